The number of nitrogens with one attached hydrogen (secondary N) is 1. The molecule has 96 valence electrons. The summed E-state index contributed by atoms with van der Waals surface area (Å²) in [4.78, 5) is 3.22. The first-order valence-electron chi connectivity index (χ1n) is 6.17. The molecule has 0 aliphatic carbocycles. The monoisotopic (exact) mass is 262 g/mol. The van der Waals surface area contributed by atoms with Crippen LogP contribution in [-0.4, -0.2) is 16.2 Å². The summed E-state index contributed by atoms with van der Waals surface area (Å²) in [6.07, 6.45) is 2.86. The lowest BCUT2D eigenvalue weighted by Gasteiger charge is -2.10. The Hall–Kier alpha value is -1.55. The summed E-state index contributed by atoms with van der Waals surface area (Å²) in [5.74, 6) is 0.857. The smallest absolute Gasteiger partial charge is 0.178 e. The van der Waals surface area contributed by atoms with Crippen molar-refractivity contribution >= 4 is 23.3 Å². The summed E-state index contributed by atoms with van der Waals surface area (Å²) >= 11 is 5.37. The normalized spacial score (nSPS) is 12.6. The van der Waals surface area contributed by atoms with Crippen molar-refractivity contribution in [3.63, 3.8) is 0 Å². The van der Waals surface area contributed by atoms with Gasteiger partial charge in [-0.15, -0.1) is 6.58 Å². The van der Waals surface area contributed by atoms with Gasteiger partial charge in [0.25, 0.3) is 0 Å². The van der Waals surface area contributed by atoms with Gasteiger partial charge < -0.3 is 14.3 Å². The number of fused-ring (bicyclic) bond motifs is 1. The van der Waals surface area contributed by atoms with Gasteiger partial charge in [0.05, 0.1) is 18.2 Å². The molecule has 1 atom stereocenters. The van der Waals surface area contributed by atoms with Gasteiger partial charge in [0, 0.05) is 0 Å². The average Bonchev–Trinajstić information content (AvgIpc) is 2.72. The van der Waals surface area contributed by atoms with Crippen molar-refractivity contribution in [2.75, 3.05) is 6.61 Å². The molecule has 0 saturated heterocycles. The van der Waals surface area contributed by atoms with Crippen LogP contribution in [0.2, 0.25) is 0 Å². The Bertz CT molecular complexity index is 612. The van der Waals surface area contributed by atoms with Gasteiger partial charge in [-0.25, -0.2) is 0 Å². The third kappa shape index (κ3) is 2.20. The number of imidazole rings is 1. The van der Waals surface area contributed by atoms with Crippen LogP contribution in [0.25, 0.3) is 11.0 Å². The highest BCUT2D eigenvalue weighted by atomic mass is 32.1. The minimum Gasteiger partial charge on any atom is -0.491 e. The predicted molar refractivity (Wildman–Crippen MR) is 77.8 cm³/mol. The Morgan fingerprint density at radius 2 is 2.33 bits per heavy atom. The third-order valence-corrected chi connectivity index (χ3v) is 3.22. The second-order valence-corrected chi connectivity index (χ2v) is 4.66. The molecule has 0 amide bonds. The summed E-state index contributed by atoms with van der Waals surface area (Å²) in [7, 11) is 0. The molecule has 0 aliphatic rings. The van der Waals surface area contributed by atoms with Crippen LogP contribution in [0, 0.1) is 4.77 Å². The zero-order valence-corrected chi connectivity index (χ0v) is 11.6. The molecule has 18 heavy (non-hydrogen) atoms. The van der Waals surface area contributed by atoms with Gasteiger partial charge in [-0.2, -0.15) is 0 Å². The Morgan fingerprint density at radius 1 is 1.56 bits per heavy atom. The van der Waals surface area contributed by atoms with Crippen LogP contribution in [-0.2, 0) is 0 Å². The predicted octanol–water partition coefficient (Wildman–Crippen LogP) is 4.23. The van der Waals surface area contributed by atoms with E-state index in [1.807, 2.05) is 24.3 Å². The molecule has 2 aromatic rings. The number of allylic oxidation sites excluding steroid dienone is 1. The lowest BCUT2D eigenvalue weighted by molar-refractivity contribution is 0.320. The highest BCUT2D eigenvalue weighted by Crippen LogP contribution is 2.27. The van der Waals surface area contributed by atoms with E-state index >= 15 is 0 Å². The lowest BCUT2D eigenvalue weighted by Crippen LogP contribution is -2.01. The number of benzene rings is 1. The molecule has 0 bridgehead atoms. The Labute approximate surface area is 112 Å². The standard InChI is InChI=1S/C14H18N2OS/c1-4-9-17-12-8-6-7-11-13(12)15-14(18)16(11)10(3)5-2/h5-8,10H,2,4,9H2,1,3H3,(H,15,18). The molecule has 4 heteroatoms. The van der Waals surface area contributed by atoms with Gasteiger partial charge in [-0.1, -0.05) is 19.1 Å². The Kier molecular flexibility index (Phi) is 3.87. The highest BCUT2D eigenvalue weighted by molar-refractivity contribution is 7.71. The summed E-state index contributed by atoms with van der Waals surface area (Å²) in [6, 6.07) is 6.15. The molecule has 2 rings (SSSR count). The van der Waals surface area contributed by atoms with E-state index in [1.54, 1.807) is 0 Å². The molecular formula is C14H18N2OS. The molecule has 1 heterocycles. The van der Waals surface area contributed by atoms with E-state index in [-0.39, 0.29) is 6.04 Å². The van der Waals surface area contributed by atoms with Gasteiger partial charge in [-0.05, 0) is 37.7 Å². The van der Waals surface area contributed by atoms with E-state index in [0.29, 0.717) is 11.4 Å². The maximum Gasteiger partial charge on any atom is 0.178 e. The second kappa shape index (κ2) is 5.40. The van der Waals surface area contributed by atoms with Crippen molar-refractivity contribution in [3.05, 3.63) is 35.6 Å². The summed E-state index contributed by atoms with van der Waals surface area (Å²) in [5.41, 5.74) is 2.02. The molecule has 0 aliphatic heterocycles. The highest BCUT2D eigenvalue weighted by Gasteiger charge is 2.11. The second-order valence-electron chi connectivity index (χ2n) is 4.28. The van der Waals surface area contributed by atoms with Crippen LogP contribution < -0.4 is 4.74 Å². The molecule has 3 nitrogen and oxygen atoms in total. The van der Waals surface area contributed by atoms with Crippen LogP contribution in [0.5, 0.6) is 5.75 Å². The first-order chi connectivity index (χ1) is 8.69. The number of hydrogen-bond donors (Lipinski definition) is 1. The molecule has 0 radical (unpaired) electrons. The number of aromatic nitrogens is 2. The third-order valence-electron chi connectivity index (χ3n) is 2.92. The van der Waals surface area contributed by atoms with E-state index in [9.17, 15) is 0 Å². The zero-order chi connectivity index (χ0) is 13.1. The van der Waals surface area contributed by atoms with Gasteiger partial charge in [-0.3, -0.25) is 0 Å². The maximum atomic E-state index is 5.73. The van der Waals surface area contributed by atoms with Gasteiger partial charge in [0.1, 0.15) is 11.3 Å². The first-order valence-corrected chi connectivity index (χ1v) is 6.58. The van der Waals surface area contributed by atoms with Crippen LogP contribution in [0.1, 0.15) is 26.3 Å². The molecule has 1 aromatic heterocycles. The molecule has 0 saturated carbocycles. The Balaban J connectivity index is 2.59. The minimum atomic E-state index is 0.160. The number of H-pyrrole nitrogens is 1. The summed E-state index contributed by atoms with van der Waals surface area (Å²) < 4.78 is 8.48. The van der Waals surface area contributed by atoms with E-state index < -0.39 is 0 Å². The fraction of sp³-hybridized carbons (Fsp3) is 0.357. The fourth-order valence-electron chi connectivity index (χ4n) is 1.96. The number of rotatable bonds is 5. The number of hydrogen-bond acceptors (Lipinski definition) is 2. The van der Waals surface area contributed by atoms with Gasteiger partial charge >= 0.3 is 0 Å². The zero-order valence-electron chi connectivity index (χ0n) is 10.8. The molecule has 1 aromatic carbocycles. The molecule has 1 unspecified atom stereocenters. The number of aromatic amines is 1. The largest absolute Gasteiger partial charge is 0.491 e. The van der Waals surface area contributed by atoms with Crippen molar-refractivity contribution in [1.29, 1.82) is 0 Å². The first kappa shape index (κ1) is 12.9. The number of nitrogens with zero attached hydrogens (tertiary/aromatic N) is 1. The van der Waals surface area contributed by atoms with Crippen molar-refractivity contribution < 1.29 is 4.74 Å². The van der Waals surface area contributed by atoms with Crippen molar-refractivity contribution in [2.45, 2.75) is 26.3 Å². The van der Waals surface area contributed by atoms with E-state index in [4.69, 9.17) is 17.0 Å². The van der Waals surface area contributed by atoms with Crippen molar-refractivity contribution in [2.24, 2.45) is 0 Å². The SMILES string of the molecule is C=CC(C)n1c(=S)[nH]c2c(OCCC)cccc21. The van der Waals surface area contributed by atoms with Crippen LogP contribution in [0.15, 0.2) is 30.9 Å². The minimum absolute atomic E-state index is 0.160. The number of para-hydroxylation sites is 1. The molecule has 0 fully saturated rings. The summed E-state index contributed by atoms with van der Waals surface area (Å²) in [5, 5.41) is 0. The lowest BCUT2D eigenvalue weighted by atomic mass is 10.2. The van der Waals surface area contributed by atoms with E-state index in [1.165, 1.54) is 0 Å². The summed E-state index contributed by atoms with van der Waals surface area (Å²) in [6.45, 7) is 8.69. The topological polar surface area (TPSA) is 29.9 Å². The van der Waals surface area contributed by atoms with Crippen LogP contribution in [0.4, 0.5) is 0 Å². The van der Waals surface area contributed by atoms with E-state index in [0.717, 1.165) is 23.2 Å². The van der Waals surface area contributed by atoms with Gasteiger partial charge in [0.2, 0.25) is 0 Å². The fourth-order valence-corrected chi connectivity index (χ4v) is 2.33. The maximum absolute atomic E-state index is 5.73. The average molecular weight is 262 g/mol. The van der Waals surface area contributed by atoms with Crippen molar-refractivity contribution in [3.8, 4) is 5.75 Å². The van der Waals surface area contributed by atoms with E-state index in [2.05, 4.69) is 30.0 Å². The van der Waals surface area contributed by atoms with Gasteiger partial charge in [0.15, 0.2) is 4.77 Å². The number of ether oxygens (including phenoxy) is 1. The Morgan fingerprint density at radius 3 is 3.00 bits per heavy atom. The molecular weight excluding hydrogens is 244 g/mol. The van der Waals surface area contributed by atoms with Crippen molar-refractivity contribution in [1.82, 2.24) is 9.55 Å². The molecule has 0 spiro atoms. The quantitative estimate of drug-likeness (QED) is 0.645. The van der Waals surface area contributed by atoms with Crippen LogP contribution >= 0.6 is 12.2 Å². The molecule has 1 N–H and O–H groups in total. The van der Waals surface area contributed by atoms with Crippen LogP contribution in [0.3, 0.4) is 0 Å².